The van der Waals surface area contributed by atoms with Gasteiger partial charge in [0.1, 0.15) is 12.1 Å². The lowest BCUT2D eigenvalue weighted by molar-refractivity contribution is -0.137. The van der Waals surface area contributed by atoms with Crippen molar-refractivity contribution in [1.82, 2.24) is 4.90 Å². The van der Waals surface area contributed by atoms with Gasteiger partial charge in [0.2, 0.25) is 5.91 Å². The number of rotatable bonds is 3. The van der Waals surface area contributed by atoms with Crippen LogP contribution in [0.25, 0.3) is 11.1 Å². The topological polar surface area (TPSA) is 49.4 Å². The van der Waals surface area contributed by atoms with Gasteiger partial charge in [-0.05, 0) is 35.4 Å². The first-order valence-corrected chi connectivity index (χ1v) is 9.10. The maximum absolute atomic E-state index is 13.1. The third kappa shape index (κ3) is 3.98. The van der Waals surface area contributed by atoms with Crippen LogP contribution in [-0.4, -0.2) is 23.3 Å². The van der Waals surface area contributed by atoms with Gasteiger partial charge in [0.05, 0.1) is 11.3 Å². The van der Waals surface area contributed by atoms with Crippen LogP contribution in [0, 0.1) is 12.1 Å². The van der Waals surface area contributed by atoms with Crippen LogP contribution < -0.4 is 5.32 Å². The van der Waals surface area contributed by atoms with Crippen LogP contribution in [0.4, 0.5) is 18.9 Å². The number of benzene rings is 2. The normalized spacial score (nSPS) is 13.9. The minimum Gasteiger partial charge on any atom is -0.325 e. The number of nitrogens with one attached hydrogen (secondary N) is 1. The molecule has 0 bridgehead atoms. The van der Waals surface area contributed by atoms with Gasteiger partial charge in [0, 0.05) is 12.1 Å². The van der Waals surface area contributed by atoms with Gasteiger partial charge in [0.15, 0.2) is 0 Å². The Morgan fingerprint density at radius 2 is 1.73 bits per heavy atom. The Hall–Kier alpha value is -3.79. The highest BCUT2D eigenvalue weighted by Crippen LogP contribution is 2.31. The average Bonchev–Trinajstić information content (AvgIpc) is 2.84. The highest BCUT2D eigenvalue weighted by atomic mass is 19.4. The molecule has 4 nitrogen and oxygen atoms in total. The SMILES string of the molecule is O=C1CN(Cc2ccccc2)C(=O)c2cc(-c3c#cc(C(F)(F)F)cc3)ccc2N1. The van der Waals surface area contributed by atoms with E-state index in [0.29, 0.717) is 16.8 Å². The van der Waals surface area contributed by atoms with E-state index in [4.69, 9.17) is 0 Å². The molecular formula is C23H15F3N2O2. The summed E-state index contributed by atoms with van der Waals surface area (Å²) in [5.41, 5.74) is 1.46. The van der Waals surface area contributed by atoms with Gasteiger partial charge in [-0.1, -0.05) is 48.5 Å². The molecule has 0 saturated carbocycles. The number of nitrogens with zero attached hydrogens (tertiary/aromatic N) is 1. The monoisotopic (exact) mass is 408 g/mol. The predicted molar refractivity (Wildman–Crippen MR) is 104 cm³/mol. The molecule has 0 aliphatic carbocycles. The second-order valence-electron chi connectivity index (χ2n) is 6.86. The first kappa shape index (κ1) is 19.5. The van der Waals surface area contributed by atoms with Gasteiger partial charge in [0.25, 0.3) is 5.91 Å². The Morgan fingerprint density at radius 1 is 0.967 bits per heavy atom. The first-order chi connectivity index (χ1) is 14.3. The van der Waals surface area contributed by atoms with Crippen molar-refractivity contribution >= 4 is 17.5 Å². The maximum atomic E-state index is 13.1. The number of anilines is 1. The van der Waals surface area contributed by atoms with Crippen molar-refractivity contribution in [1.29, 1.82) is 0 Å². The van der Waals surface area contributed by atoms with Gasteiger partial charge in [-0.15, -0.1) is 0 Å². The van der Waals surface area contributed by atoms with E-state index < -0.39 is 11.7 Å². The third-order valence-corrected chi connectivity index (χ3v) is 4.73. The fourth-order valence-electron chi connectivity index (χ4n) is 3.25. The third-order valence-electron chi connectivity index (χ3n) is 4.73. The quantitative estimate of drug-likeness (QED) is 0.690. The number of halogens is 3. The molecular weight excluding hydrogens is 393 g/mol. The summed E-state index contributed by atoms with van der Waals surface area (Å²) < 4.78 is 38.3. The number of carbonyl (C=O) groups excluding carboxylic acids is 2. The number of hydrogen-bond acceptors (Lipinski definition) is 2. The van der Waals surface area contributed by atoms with Crippen LogP contribution in [0.2, 0.25) is 0 Å². The Balaban J connectivity index is 1.67. The van der Waals surface area contributed by atoms with E-state index >= 15 is 0 Å². The van der Waals surface area contributed by atoms with Crippen LogP contribution in [0.1, 0.15) is 21.5 Å². The Bertz CT molecular complexity index is 1090. The molecule has 1 aliphatic heterocycles. The van der Waals surface area contributed by atoms with Crippen molar-refractivity contribution < 1.29 is 22.8 Å². The zero-order chi connectivity index (χ0) is 21.3. The van der Waals surface area contributed by atoms with Crippen molar-refractivity contribution in [3.05, 3.63) is 89.5 Å². The molecule has 3 aromatic carbocycles. The molecule has 2 amide bonds. The fourth-order valence-corrected chi connectivity index (χ4v) is 3.25. The minimum absolute atomic E-state index is 0.0993. The standard InChI is InChI=1S/C23H15F3N2O2/c24-23(25,26)18-9-6-16(7-10-18)17-8-11-20-19(12-17)22(30)28(14-21(29)27-20)13-15-4-2-1-3-5-15/h1-6,8-9,11-12H,13-14H2,(H,27,29). The Kier molecular flexibility index (Phi) is 4.92. The largest absolute Gasteiger partial charge is 0.424 e. The highest BCUT2D eigenvalue weighted by molar-refractivity contribution is 6.09. The second kappa shape index (κ2) is 7.56. The zero-order valence-corrected chi connectivity index (χ0v) is 15.6. The van der Waals surface area contributed by atoms with E-state index in [2.05, 4.69) is 17.4 Å². The summed E-state index contributed by atoms with van der Waals surface area (Å²) >= 11 is 0. The molecule has 150 valence electrons. The first-order valence-electron chi connectivity index (χ1n) is 9.10. The lowest BCUT2D eigenvalue weighted by Crippen LogP contribution is -2.34. The van der Waals surface area contributed by atoms with Gasteiger partial charge < -0.3 is 10.2 Å². The summed E-state index contributed by atoms with van der Waals surface area (Å²) in [7, 11) is 0. The lowest BCUT2D eigenvalue weighted by Gasteiger charge is -2.20. The number of carbonyl (C=O) groups is 2. The Morgan fingerprint density at radius 3 is 2.40 bits per heavy atom. The molecule has 0 radical (unpaired) electrons. The maximum Gasteiger partial charge on any atom is 0.424 e. The van der Waals surface area contributed by atoms with Gasteiger partial charge in [-0.3, -0.25) is 9.59 Å². The van der Waals surface area contributed by atoms with E-state index in [9.17, 15) is 22.8 Å². The molecule has 0 unspecified atom stereocenters. The molecule has 0 saturated heterocycles. The van der Waals surface area contributed by atoms with Crippen molar-refractivity contribution in [2.24, 2.45) is 0 Å². The van der Waals surface area contributed by atoms with Crippen LogP contribution in [0.3, 0.4) is 0 Å². The molecule has 0 spiro atoms. The number of fused-ring (bicyclic) bond motifs is 1. The summed E-state index contributed by atoms with van der Waals surface area (Å²) in [6.07, 6.45) is -4.50. The molecule has 0 fully saturated rings. The molecule has 1 heterocycles. The van der Waals surface area contributed by atoms with E-state index in [1.54, 1.807) is 18.2 Å². The second-order valence-corrected chi connectivity index (χ2v) is 6.86. The molecule has 30 heavy (non-hydrogen) atoms. The minimum atomic E-state index is -4.50. The molecule has 7 heteroatoms. The lowest BCUT2D eigenvalue weighted by atomic mass is 10.0. The Labute approximate surface area is 170 Å². The van der Waals surface area contributed by atoms with Crippen molar-refractivity contribution in [2.75, 3.05) is 11.9 Å². The molecule has 4 rings (SSSR count). The van der Waals surface area contributed by atoms with Crippen LogP contribution >= 0.6 is 0 Å². The summed E-state index contributed by atoms with van der Waals surface area (Å²) in [6, 6.07) is 20.8. The number of alkyl halides is 3. The van der Waals surface area contributed by atoms with Crippen molar-refractivity contribution in [3.8, 4) is 11.1 Å². The van der Waals surface area contributed by atoms with E-state index in [1.165, 1.54) is 11.0 Å². The van der Waals surface area contributed by atoms with Crippen LogP contribution in [0.15, 0.2) is 60.7 Å². The molecule has 0 aromatic heterocycles. The summed E-state index contributed by atoms with van der Waals surface area (Å²) in [6.45, 7) is 0.162. The van der Waals surface area contributed by atoms with Crippen LogP contribution in [-0.2, 0) is 17.5 Å². The smallest absolute Gasteiger partial charge is 0.325 e. The molecule has 1 N–H and O–H groups in total. The predicted octanol–water partition coefficient (Wildman–Crippen LogP) is 4.57. The van der Waals surface area contributed by atoms with E-state index in [-0.39, 0.29) is 30.5 Å². The number of amides is 2. The van der Waals surface area contributed by atoms with Gasteiger partial charge in [-0.2, -0.15) is 13.2 Å². The fraction of sp³-hybridized carbons (Fsp3) is 0.130. The molecule has 1 aliphatic rings. The van der Waals surface area contributed by atoms with E-state index in [1.807, 2.05) is 30.3 Å². The van der Waals surface area contributed by atoms with Gasteiger partial charge in [-0.25, -0.2) is 0 Å². The molecule has 0 atom stereocenters. The summed E-state index contributed by atoms with van der Waals surface area (Å²) in [5.74, 6) is -0.662. The van der Waals surface area contributed by atoms with Crippen molar-refractivity contribution in [2.45, 2.75) is 12.7 Å². The summed E-state index contributed by atoms with van der Waals surface area (Å²) in [4.78, 5) is 26.8. The highest BCUT2D eigenvalue weighted by Gasteiger charge is 2.31. The zero-order valence-electron chi connectivity index (χ0n) is 15.6. The molecule has 3 aromatic rings. The average molecular weight is 408 g/mol. The number of hydrogen-bond donors (Lipinski definition) is 1. The van der Waals surface area contributed by atoms with Crippen LogP contribution in [0.5, 0.6) is 0 Å². The van der Waals surface area contributed by atoms with E-state index in [0.717, 1.165) is 11.6 Å². The van der Waals surface area contributed by atoms with Crippen molar-refractivity contribution in [3.63, 3.8) is 0 Å². The summed E-state index contributed by atoms with van der Waals surface area (Å²) in [5, 5.41) is 2.71. The van der Waals surface area contributed by atoms with Gasteiger partial charge >= 0.3 is 6.18 Å².